The second kappa shape index (κ2) is 7.72. The van der Waals surface area contributed by atoms with Crippen molar-refractivity contribution in [1.82, 2.24) is 24.8 Å². The maximum atomic E-state index is 5.32. The number of hydrogen-bond acceptors (Lipinski definition) is 6. The number of piperidine rings is 1. The van der Waals surface area contributed by atoms with E-state index in [1.54, 1.807) is 12.4 Å². The third kappa shape index (κ3) is 3.76. The summed E-state index contributed by atoms with van der Waals surface area (Å²) < 4.78 is 5.32. The molecule has 4 aromatic heterocycles. The zero-order valence-corrected chi connectivity index (χ0v) is 16.5. The van der Waals surface area contributed by atoms with Crippen LogP contribution in [0.25, 0.3) is 22.2 Å². The molecule has 1 saturated heterocycles. The minimum atomic E-state index is 0.482. The van der Waals surface area contributed by atoms with E-state index in [1.165, 1.54) is 6.39 Å². The van der Waals surface area contributed by atoms with Crippen LogP contribution in [0.3, 0.4) is 0 Å². The Morgan fingerprint density at radius 1 is 1.03 bits per heavy atom. The van der Waals surface area contributed by atoms with Crippen LogP contribution in [0, 0.1) is 6.92 Å². The van der Waals surface area contributed by atoms with E-state index in [0.29, 0.717) is 5.92 Å². The van der Waals surface area contributed by atoms with Gasteiger partial charge in [-0.2, -0.15) is 0 Å². The average molecular weight is 385 g/mol. The number of aryl methyl sites for hydroxylation is 1. The van der Waals surface area contributed by atoms with E-state index in [-0.39, 0.29) is 0 Å². The van der Waals surface area contributed by atoms with Gasteiger partial charge in [0.15, 0.2) is 12.0 Å². The SMILES string of the molecule is Cc1ocnc1CN1CCC(c2ccc3cc(-c4ccncc4)cnc3n2)CC1. The first kappa shape index (κ1) is 17.9. The molecule has 0 bridgehead atoms. The number of nitrogens with zero attached hydrogens (tertiary/aromatic N) is 5. The summed E-state index contributed by atoms with van der Waals surface area (Å²) in [5.74, 6) is 1.40. The number of oxazole rings is 1. The molecule has 29 heavy (non-hydrogen) atoms. The summed E-state index contributed by atoms with van der Waals surface area (Å²) in [5.41, 5.74) is 5.22. The first-order valence-electron chi connectivity index (χ1n) is 10.0. The van der Waals surface area contributed by atoms with Gasteiger partial charge in [0, 0.05) is 47.7 Å². The summed E-state index contributed by atoms with van der Waals surface area (Å²) in [7, 11) is 0. The van der Waals surface area contributed by atoms with Crippen LogP contribution in [0.2, 0.25) is 0 Å². The molecule has 5 heterocycles. The van der Waals surface area contributed by atoms with Gasteiger partial charge >= 0.3 is 0 Å². The predicted octanol–water partition coefficient (Wildman–Crippen LogP) is 4.37. The van der Waals surface area contributed by atoms with Gasteiger partial charge in [0.1, 0.15) is 5.76 Å². The average Bonchev–Trinajstić information content (AvgIpc) is 3.18. The summed E-state index contributed by atoms with van der Waals surface area (Å²) in [6.07, 6.45) is 9.24. The normalized spacial score (nSPS) is 15.8. The summed E-state index contributed by atoms with van der Waals surface area (Å²) in [6, 6.07) is 10.5. The van der Waals surface area contributed by atoms with Crippen molar-refractivity contribution < 1.29 is 4.42 Å². The molecule has 6 nitrogen and oxygen atoms in total. The molecule has 1 aliphatic rings. The standard InChI is InChI=1S/C23H23N5O/c1-16-22(26-15-29-16)14-28-10-6-18(7-11-28)21-3-2-19-12-20(13-25-23(19)27-21)17-4-8-24-9-5-17/h2-5,8-9,12-13,15,18H,6-7,10-11,14H2,1H3. The largest absolute Gasteiger partial charge is 0.448 e. The Morgan fingerprint density at radius 2 is 1.86 bits per heavy atom. The van der Waals surface area contributed by atoms with Crippen LogP contribution in [0.4, 0.5) is 0 Å². The highest BCUT2D eigenvalue weighted by atomic mass is 16.3. The Labute approximate surface area is 169 Å². The molecule has 146 valence electrons. The van der Waals surface area contributed by atoms with Crippen LogP contribution >= 0.6 is 0 Å². The molecule has 1 fully saturated rings. The Kier molecular flexibility index (Phi) is 4.77. The minimum absolute atomic E-state index is 0.482. The van der Waals surface area contributed by atoms with E-state index >= 15 is 0 Å². The van der Waals surface area contributed by atoms with Crippen molar-refractivity contribution in [3.63, 3.8) is 0 Å². The molecule has 0 N–H and O–H groups in total. The van der Waals surface area contributed by atoms with Gasteiger partial charge in [-0.1, -0.05) is 0 Å². The van der Waals surface area contributed by atoms with Crippen molar-refractivity contribution in [2.75, 3.05) is 13.1 Å². The summed E-state index contributed by atoms with van der Waals surface area (Å²) in [6.45, 7) is 4.93. The number of rotatable bonds is 4. The molecule has 0 spiro atoms. The summed E-state index contributed by atoms with van der Waals surface area (Å²) in [4.78, 5) is 20.4. The highest BCUT2D eigenvalue weighted by molar-refractivity contribution is 5.80. The summed E-state index contributed by atoms with van der Waals surface area (Å²) >= 11 is 0. The molecule has 0 radical (unpaired) electrons. The van der Waals surface area contributed by atoms with Crippen molar-refractivity contribution in [3.8, 4) is 11.1 Å². The van der Waals surface area contributed by atoms with Crippen LogP contribution in [0.15, 0.2) is 59.7 Å². The quantitative estimate of drug-likeness (QED) is 0.520. The van der Waals surface area contributed by atoms with Crippen LogP contribution in [0.1, 0.15) is 35.9 Å². The zero-order valence-electron chi connectivity index (χ0n) is 16.5. The third-order valence-corrected chi connectivity index (χ3v) is 5.80. The number of likely N-dealkylation sites (tertiary alicyclic amines) is 1. The van der Waals surface area contributed by atoms with Crippen LogP contribution < -0.4 is 0 Å². The van der Waals surface area contributed by atoms with E-state index in [9.17, 15) is 0 Å². The number of fused-ring (bicyclic) bond motifs is 1. The molecule has 0 unspecified atom stereocenters. The zero-order chi connectivity index (χ0) is 19.6. The second-order valence-electron chi connectivity index (χ2n) is 7.65. The monoisotopic (exact) mass is 385 g/mol. The van der Waals surface area contributed by atoms with Gasteiger partial charge in [-0.15, -0.1) is 0 Å². The molecule has 0 amide bonds. The van der Waals surface area contributed by atoms with Crippen LogP contribution in [-0.4, -0.2) is 37.9 Å². The lowest BCUT2D eigenvalue weighted by Crippen LogP contribution is -2.33. The van der Waals surface area contributed by atoms with Crippen molar-refractivity contribution in [2.45, 2.75) is 32.2 Å². The van der Waals surface area contributed by atoms with Gasteiger partial charge in [0.25, 0.3) is 0 Å². The van der Waals surface area contributed by atoms with Crippen LogP contribution in [-0.2, 0) is 6.54 Å². The lowest BCUT2D eigenvalue weighted by molar-refractivity contribution is 0.200. The molecule has 4 aromatic rings. The molecule has 5 rings (SSSR count). The maximum Gasteiger partial charge on any atom is 0.181 e. The van der Waals surface area contributed by atoms with Gasteiger partial charge in [-0.3, -0.25) is 9.88 Å². The first-order chi connectivity index (χ1) is 14.3. The topological polar surface area (TPSA) is 67.9 Å². The number of hydrogen-bond donors (Lipinski definition) is 0. The molecule has 0 aliphatic carbocycles. The van der Waals surface area contributed by atoms with Gasteiger partial charge < -0.3 is 4.42 Å². The number of aromatic nitrogens is 4. The highest BCUT2D eigenvalue weighted by Gasteiger charge is 2.23. The molecule has 6 heteroatoms. The van der Waals surface area contributed by atoms with E-state index in [2.05, 4.69) is 38.1 Å². The van der Waals surface area contributed by atoms with E-state index in [4.69, 9.17) is 9.40 Å². The Morgan fingerprint density at radius 3 is 2.62 bits per heavy atom. The molecule has 0 atom stereocenters. The second-order valence-corrected chi connectivity index (χ2v) is 7.65. The predicted molar refractivity (Wildman–Crippen MR) is 111 cm³/mol. The fraction of sp³-hybridized carbons (Fsp3) is 0.304. The van der Waals surface area contributed by atoms with Gasteiger partial charge in [0.05, 0.1) is 5.69 Å². The van der Waals surface area contributed by atoms with Gasteiger partial charge in [-0.05, 0) is 68.8 Å². The maximum absolute atomic E-state index is 5.32. The lowest BCUT2D eigenvalue weighted by Gasteiger charge is -2.31. The lowest BCUT2D eigenvalue weighted by atomic mass is 9.92. The molecular weight excluding hydrogens is 362 g/mol. The van der Waals surface area contributed by atoms with Crippen molar-refractivity contribution in [3.05, 3.63) is 72.5 Å². The van der Waals surface area contributed by atoms with Gasteiger partial charge in [-0.25, -0.2) is 15.0 Å². The van der Waals surface area contributed by atoms with Gasteiger partial charge in [0.2, 0.25) is 0 Å². The van der Waals surface area contributed by atoms with Crippen molar-refractivity contribution in [1.29, 1.82) is 0 Å². The van der Waals surface area contributed by atoms with E-state index in [0.717, 1.165) is 71.8 Å². The fourth-order valence-electron chi connectivity index (χ4n) is 4.03. The molecular formula is C23H23N5O. The van der Waals surface area contributed by atoms with Crippen molar-refractivity contribution in [2.24, 2.45) is 0 Å². The van der Waals surface area contributed by atoms with Crippen molar-refractivity contribution >= 4 is 11.0 Å². The van der Waals surface area contributed by atoms with E-state index < -0.39 is 0 Å². The summed E-state index contributed by atoms with van der Waals surface area (Å²) in [5, 5.41) is 1.07. The smallest absolute Gasteiger partial charge is 0.181 e. The third-order valence-electron chi connectivity index (χ3n) is 5.80. The Hall–Kier alpha value is -3.12. The highest BCUT2D eigenvalue weighted by Crippen LogP contribution is 2.29. The first-order valence-corrected chi connectivity index (χ1v) is 10.0. The van der Waals surface area contributed by atoms with Crippen LogP contribution in [0.5, 0.6) is 0 Å². The molecule has 0 saturated carbocycles. The Bertz CT molecular complexity index is 1120. The number of pyridine rings is 3. The molecule has 0 aromatic carbocycles. The minimum Gasteiger partial charge on any atom is -0.448 e. The fourth-order valence-corrected chi connectivity index (χ4v) is 4.03. The van der Waals surface area contributed by atoms with E-state index in [1.807, 2.05) is 25.3 Å². The molecule has 1 aliphatic heterocycles. The Balaban J connectivity index is 1.29.